The average molecular weight is 308 g/mol. The second-order valence-electron chi connectivity index (χ2n) is 5.85. The monoisotopic (exact) mass is 308 g/mol. The van der Waals surface area contributed by atoms with E-state index in [0.29, 0.717) is 6.42 Å². The van der Waals surface area contributed by atoms with E-state index in [4.69, 9.17) is 0 Å². The lowest BCUT2D eigenvalue weighted by Crippen LogP contribution is -2.23. The molecule has 5 heteroatoms. The zero-order chi connectivity index (χ0) is 16.4. The van der Waals surface area contributed by atoms with E-state index in [1.807, 2.05) is 54.3 Å². The minimum absolute atomic E-state index is 0.104. The van der Waals surface area contributed by atoms with Gasteiger partial charge in [-0.2, -0.15) is 0 Å². The highest BCUT2D eigenvalue weighted by atomic mass is 16.2. The fourth-order valence-electron chi connectivity index (χ4n) is 2.41. The van der Waals surface area contributed by atoms with E-state index >= 15 is 0 Å². The molecule has 5 nitrogen and oxygen atoms in total. The van der Waals surface area contributed by atoms with E-state index < -0.39 is 0 Å². The number of imidazole rings is 1. The summed E-state index contributed by atoms with van der Waals surface area (Å²) < 4.78 is 2.00. The number of likely N-dealkylation sites (N-methyl/N-ethyl adjacent to an activating group) is 1. The summed E-state index contributed by atoms with van der Waals surface area (Å²) in [4.78, 5) is 17.6. The van der Waals surface area contributed by atoms with Crippen molar-refractivity contribution in [1.82, 2.24) is 14.5 Å². The summed E-state index contributed by atoms with van der Waals surface area (Å²) in [6, 6.07) is 14.0. The van der Waals surface area contributed by atoms with Crippen LogP contribution in [0.25, 0.3) is 11.0 Å². The fraction of sp³-hybridized carbons (Fsp3) is 0.222. The molecule has 0 saturated carbocycles. The number of aromatic nitrogens is 2. The summed E-state index contributed by atoms with van der Waals surface area (Å²) >= 11 is 0. The molecule has 0 aliphatic rings. The molecule has 1 amide bonds. The van der Waals surface area contributed by atoms with Gasteiger partial charge in [0.1, 0.15) is 0 Å². The maximum Gasteiger partial charge on any atom is 0.226 e. The molecule has 0 radical (unpaired) electrons. The van der Waals surface area contributed by atoms with Crippen molar-refractivity contribution in [2.45, 2.75) is 6.42 Å². The molecule has 0 aliphatic heterocycles. The average Bonchev–Trinajstić information content (AvgIpc) is 2.90. The van der Waals surface area contributed by atoms with E-state index in [0.717, 1.165) is 28.0 Å². The standard InChI is InChI=1S/C18H20N4O/c1-21(2)18(23)10-13-4-6-14(7-5-13)20-15-8-9-16-17(11-15)22(3)12-19-16/h4-9,11-12,20H,10H2,1-3H3. The van der Waals surface area contributed by atoms with Crippen LogP contribution in [0.5, 0.6) is 0 Å². The van der Waals surface area contributed by atoms with Gasteiger partial charge in [0, 0.05) is 32.5 Å². The summed E-state index contributed by atoms with van der Waals surface area (Å²) in [5, 5.41) is 3.38. The van der Waals surface area contributed by atoms with Gasteiger partial charge in [-0.1, -0.05) is 12.1 Å². The number of carbonyl (C=O) groups is 1. The van der Waals surface area contributed by atoms with Gasteiger partial charge in [0.2, 0.25) is 5.91 Å². The van der Waals surface area contributed by atoms with E-state index in [9.17, 15) is 4.79 Å². The molecule has 1 N–H and O–H groups in total. The van der Waals surface area contributed by atoms with E-state index in [1.165, 1.54) is 0 Å². The lowest BCUT2D eigenvalue weighted by Gasteiger charge is -2.11. The highest BCUT2D eigenvalue weighted by Gasteiger charge is 2.06. The molecule has 3 aromatic rings. The molecule has 3 rings (SSSR count). The number of hydrogen-bond donors (Lipinski definition) is 1. The maximum atomic E-state index is 11.7. The molecule has 0 spiro atoms. The summed E-state index contributed by atoms with van der Waals surface area (Å²) in [6.45, 7) is 0. The van der Waals surface area contributed by atoms with Crippen molar-refractivity contribution in [2.75, 3.05) is 19.4 Å². The topological polar surface area (TPSA) is 50.2 Å². The van der Waals surface area contributed by atoms with Crippen LogP contribution in [0.15, 0.2) is 48.8 Å². The van der Waals surface area contributed by atoms with Gasteiger partial charge in [-0.15, -0.1) is 0 Å². The first-order valence-electron chi connectivity index (χ1n) is 7.50. The Morgan fingerprint density at radius 1 is 1.13 bits per heavy atom. The third-order valence-electron chi connectivity index (χ3n) is 3.82. The number of aryl methyl sites for hydroxylation is 1. The third kappa shape index (κ3) is 3.34. The highest BCUT2D eigenvalue weighted by molar-refractivity contribution is 5.81. The third-order valence-corrected chi connectivity index (χ3v) is 3.82. The number of carbonyl (C=O) groups excluding carboxylic acids is 1. The first-order chi connectivity index (χ1) is 11.0. The Bertz CT molecular complexity index is 834. The highest BCUT2D eigenvalue weighted by Crippen LogP contribution is 2.22. The lowest BCUT2D eigenvalue weighted by molar-refractivity contribution is -0.127. The van der Waals surface area contributed by atoms with Gasteiger partial charge in [0.15, 0.2) is 0 Å². The van der Waals surface area contributed by atoms with Crippen molar-refractivity contribution < 1.29 is 4.79 Å². The van der Waals surface area contributed by atoms with E-state index in [1.54, 1.807) is 19.0 Å². The van der Waals surface area contributed by atoms with Crippen LogP contribution in [-0.2, 0) is 18.3 Å². The maximum absolute atomic E-state index is 11.7. The minimum Gasteiger partial charge on any atom is -0.355 e. The molecule has 1 aromatic heterocycles. The van der Waals surface area contributed by atoms with Gasteiger partial charge in [0.05, 0.1) is 23.8 Å². The number of anilines is 2. The van der Waals surface area contributed by atoms with Crippen LogP contribution in [-0.4, -0.2) is 34.5 Å². The Balaban J connectivity index is 1.74. The van der Waals surface area contributed by atoms with Crippen LogP contribution in [0.1, 0.15) is 5.56 Å². The summed E-state index contributed by atoms with van der Waals surface area (Å²) in [5.74, 6) is 0.104. The van der Waals surface area contributed by atoms with Crippen molar-refractivity contribution in [2.24, 2.45) is 7.05 Å². The molecular weight excluding hydrogens is 288 g/mol. The fourth-order valence-corrected chi connectivity index (χ4v) is 2.41. The Labute approximate surface area is 135 Å². The smallest absolute Gasteiger partial charge is 0.226 e. The van der Waals surface area contributed by atoms with Crippen LogP contribution in [0, 0.1) is 0 Å². The number of nitrogens with one attached hydrogen (secondary N) is 1. The van der Waals surface area contributed by atoms with Gasteiger partial charge in [0.25, 0.3) is 0 Å². The lowest BCUT2D eigenvalue weighted by atomic mass is 10.1. The Morgan fingerprint density at radius 3 is 2.52 bits per heavy atom. The molecular formula is C18H20N4O. The van der Waals surface area contributed by atoms with Gasteiger partial charge in [-0.3, -0.25) is 4.79 Å². The molecule has 23 heavy (non-hydrogen) atoms. The number of nitrogens with zero attached hydrogens (tertiary/aromatic N) is 3. The number of benzene rings is 2. The molecule has 1 heterocycles. The van der Waals surface area contributed by atoms with Crippen molar-refractivity contribution >= 4 is 28.3 Å². The van der Waals surface area contributed by atoms with Crippen LogP contribution in [0.3, 0.4) is 0 Å². The summed E-state index contributed by atoms with van der Waals surface area (Å²) in [7, 11) is 5.52. The number of amides is 1. The number of rotatable bonds is 4. The van der Waals surface area contributed by atoms with Crippen LogP contribution in [0.4, 0.5) is 11.4 Å². The van der Waals surface area contributed by atoms with Gasteiger partial charge >= 0.3 is 0 Å². The SMILES string of the molecule is CN(C)C(=O)Cc1ccc(Nc2ccc3ncn(C)c3c2)cc1. The van der Waals surface area contributed by atoms with Gasteiger partial charge < -0.3 is 14.8 Å². The van der Waals surface area contributed by atoms with E-state index in [-0.39, 0.29) is 5.91 Å². The number of fused-ring (bicyclic) bond motifs is 1. The first kappa shape index (κ1) is 15.1. The normalized spacial score (nSPS) is 10.7. The quantitative estimate of drug-likeness (QED) is 0.806. The van der Waals surface area contributed by atoms with Crippen molar-refractivity contribution in [3.8, 4) is 0 Å². The zero-order valence-electron chi connectivity index (χ0n) is 13.6. The first-order valence-corrected chi connectivity index (χ1v) is 7.50. The van der Waals surface area contributed by atoms with Crippen LogP contribution >= 0.6 is 0 Å². The molecule has 0 atom stereocenters. The largest absolute Gasteiger partial charge is 0.355 e. The predicted octanol–water partition coefficient (Wildman–Crippen LogP) is 2.95. The number of hydrogen-bond acceptors (Lipinski definition) is 3. The predicted molar refractivity (Wildman–Crippen MR) is 92.8 cm³/mol. The Hall–Kier alpha value is -2.82. The summed E-state index contributed by atoms with van der Waals surface area (Å²) in [5.41, 5.74) is 5.08. The second-order valence-corrected chi connectivity index (χ2v) is 5.85. The molecule has 2 aromatic carbocycles. The van der Waals surface area contributed by atoms with Gasteiger partial charge in [-0.05, 0) is 35.9 Å². The minimum atomic E-state index is 0.104. The van der Waals surface area contributed by atoms with Gasteiger partial charge in [-0.25, -0.2) is 4.98 Å². The molecule has 0 bridgehead atoms. The summed E-state index contributed by atoms with van der Waals surface area (Å²) in [6.07, 6.45) is 2.24. The Morgan fingerprint density at radius 2 is 1.83 bits per heavy atom. The molecule has 0 saturated heterocycles. The molecule has 0 aliphatic carbocycles. The van der Waals surface area contributed by atoms with Crippen molar-refractivity contribution in [1.29, 1.82) is 0 Å². The van der Waals surface area contributed by atoms with Crippen LogP contribution in [0.2, 0.25) is 0 Å². The van der Waals surface area contributed by atoms with Crippen molar-refractivity contribution in [3.05, 3.63) is 54.4 Å². The zero-order valence-corrected chi connectivity index (χ0v) is 13.6. The molecule has 118 valence electrons. The molecule has 0 unspecified atom stereocenters. The van der Waals surface area contributed by atoms with Crippen molar-refractivity contribution in [3.63, 3.8) is 0 Å². The van der Waals surface area contributed by atoms with E-state index in [2.05, 4.69) is 16.4 Å². The van der Waals surface area contributed by atoms with Crippen LogP contribution < -0.4 is 5.32 Å². The molecule has 0 fully saturated rings. The second kappa shape index (κ2) is 6.12. The Kier molecular flexibility index (Phi) is 4.02.